The number of anilines is 2. The van der Waals surface area contributed by atoms with Crippen LogP contribution in [0.15, 0.2) is 66.7 Å². The van der Waals surface area contributed by atoms with Crippen LogP contribution in [0, 0.1) is 0 Å². The number of benzene rings is 3. The molecule has 0 atom stereocenters. The number of nitrogens with zero attached hydrogens (tertiary/aromatic N) is 3. The highest BCUT2D eigenvalue weighted by Gasteiger charge is 2.19. The van der Waals surface area contributed by atoms with Gasteiger partial charge in [-0.2, -0.15) is 0 Å². The Bertz CT molecular complexity index is 1380. The highest BCUT2D eigenvalue weighted by Crippen LogP contribution is 2.36. The van der Waals surface area contributed by atoms with Gasteiger partial charge in [-0.1, -0.05) is 24.3 Å². The summed E-state index contributed by atoms with van der Waals surface area (Å²) < 4.78 is 16.3. The first-order valence-corrected chi connectivity index (χ1v) is 12.4. The van der Waals surface area contributed by atoms with E-state index in [0.29, 0.717) is 11.6 Å². The second-order valence-corrected chi connectivity index (χ2v) is 8.90. The molecule has 0 radical (unpaired) electrons. The molecule has 1 aromatic heterocycles. The van der Waals surface area contributed by atoms with Gasteiger partial charge in [-0.15, -0.1) is 10.2 Å². The predicted molar refractivity (Wildman–Crippen MR) is 145 cm³/mol. The summed E-state index contributed by atoms with van der Waals surface area (Å²) in [6.45, 7) is 1.80. The van der Waals surface area contributed by atoms with Crippen molar-refractivity contribution in [2.45, 2.75) is 19.3 Å². The Labute approximate surface area is 216 Å². The largest absolute Gasteiger partial charge is 0.497 e. The van der Waals surface area contributed by atoms with Crippen LogP contribution in [0.1, 0.15) is 19.3 Å². The third-order valence-electron chi connectivity index (χ3n) is 6.52. The number of nitrogens with one attached hydrogen (secondary N) is 1. The van der Waals surface area contributed by atoms with E-state index in [1.54, 1.807) is 38.5 Å². The van der Waals surface area contributed by atoms with Crippen LogP contribution in [0.4, 0.5) is 11.4 Å². The summed E-state index contributed by atoms with van der Waals surface area (Å²) in [6, 6.07) is 21.1. The van der Waals surface area contributed by atoms with Crippen molar-refractivity contribution in [3.63, 3.8) is 0 Å². The quantitative estimate of drug-likeness (QED) is 0.352. The number of hydrogen-bond acceptors (Lipinski definition) is 7. The van der Waals surface area contributed by atoms with Crippen molar-refractivity contribution in [2.24, 2.45) is 0 Å². The number of amides is 1. The lowest BCUT2D eigenvalue weighted by atomic mass is 10.0. The maximum absolute atomic E-state index is 13.0. The van der Waals surface area contributed by atoms with E-state index in [9.17, 15) is 4.79 Å². The maximum atomic E-state index is 13.0. The van der Waals surface area contributed by atoms with Gasteiger partial charge in [0.25, 0.3) is 5.91 Å². The van der Waals surface area contributed by atoms with Crippen molar-refractivity contribution < 1.29 is 19.0 Å². The fourth-order valence-corrected chi connectivity index (χ4v) is 4.64. The minimum atomic E-state index is -0.239. The van der Waals surface area contributed by atoms with Crippen LogP contribution in [0.5, 0.6) is 17.4 Å². The van der Waals surface area contributed by atoms with E-state index in [-0.39, 0.29) is 12.5 Å². The minimum Gasteiger partial charge on any atom is -0.497 e. The topological polar surface area (TPSA) is 85.8 Å². The number of ether oxygens (including phenoxy) is 3. The molecule has 0 unspecified atom stereocenters. The van der Waals surface area contributed by atoms with Crippen molar-refractivity contribution >= 4 is 28.1 Å². The van der Waals surface area contributed by atoms with Crippen LogP contribution in [-0.4, -0.2) is 50.0 Å². The molecule has 37 heavy (non-hydrogen) atoms. The summed E-state index contributed by atoms with van der Waals surface area (Å²) in [6.07, 6.45) is 3.48. The molecule has 5 rings (SSSR count). The lowest BCUT2D eigenvalue weighted by molar-refractivity contribution is -0.118. The highest BCUT2D eigenvalue weighted by molar-refractivity contribution is 6.00. The van der Waals surface area contributed by atoms with Gasteiger partial charge in [-0.25, -0.2) is 0 Å². The second kappa shape index (κ2) is 11.2. The van der Waals surface area contributed by atoms with E-state index in [1.165, 1.54) is 6.42 Å². The number of aromatic nitrogens is 2. The number of hydrogen-bond donors (Lipinski definition) is 1. The first-order chi connectivity index (χ1) is 18.2. The Morgan fingerprint density at radius 3 is 2.32 bits per heavy atom. The number of carbonyl (C=O) groups is 1. The summed E-state index contributed by atoms with van der Waals surface area (Å²) in [5, 5.41) is 13.6. The van der Waals surface area contributed by atoms with Crippen LogP contribution in [0.25, 0.3) is 22.0 Å². The number of rotatable bonds is 8. The van der Waals surface area contributed by atoms with E-state index < -0.39 is 0 Å². The van der Waals surface area contributed by atoms with Crippen molar-refractivity contribution in [1.29, 1.82) is 0 Å². The predicted octanol–water partition coefficient (Wildman–Crippen LogP) is 5.32. The van der Waals surface area contributed by atoms with E-state index in [1.807, 2.05) is 36.4 Å². The molecule has 1 aliphatic heterocycles. The summed E-state index contributed by atoms with van der Waals surface area (Å²) in [5.41, 5.74) is 3.31. The van der Waals surface area contributed by atoms with Crippen LogP contribution in [0.2, 0.25) is 0 Å². The molecule has 190 valence electrons. The third-order valence-corrected chi connectivity index (χ3v) is 6.52. The van der Waals surface area contributed by atoms with Crippen LogP contribution in [-0.2, 0) is 4.79 Å². The lowest BCUT2D eigenvalue weighted by Gasteiger charge is -2.31. The molecule has 1 saturated heterocycles. The monoisotopic (exact) mass is 498 g/mol. The second-order valence-electron chi connectivity index (χ2n) is 8.90. The van der Waals surface area contributed by atoms with E-state index in [4.69, 9.17) is 14.2 Å². The Kier molecular flexibility index (Phi) is 7.35. The van der Waals surface area contributed by atoms with Crippen LogP contribution < -0.4 is 24.4 Å². The minimum absolute atomic E-state index is 0.110. The van der Waals surface area contributed by atoms with E-state index in [0.717, 1.165) is 65.1 Å². The first kappa shape index (κ1) is 24.4. The number of carbonyl (C=O) groups excluding carboxylic acids is 1. The molecule has 0 bridgehead atoms. The molecule has 1 aliphatic rings. The Balaban J connectivity index is 1.44. The Morgan fingerprint density at radius 2 is 1.59 bits per heavy atom. The molecule has 0 saturated carbocycles. The van der Waals surface area contributed by atoms with Crippen molar-refractivity contribution in [1.82, 2.24) is 10.2 Å². The molecular weight excluding hydrogens is 468 g/mol. The summed E-state index contributed by atoms with van der Waals surface area (Å²) in [4.78, 5) is 15.3. The van der Waals surface area contributed by atoms with Crippen molar-refractivity contribution in [3.05, 3.63) is 66.7 Å². The lowest BCUT2D eigenvalue weighted by Crippen LogP contribution is -2.31. The van der Waals surface area contributed by atoms with Crippen molar-refractivity contribution in [2.75, 3.05) is 44.1 Å². The SMILES string of the molecule is COc1ccc(OCC(=O)Nc2cc(-c3nnc(OC)c4ccccc34)ccc2N2CCCCC2)cc1. The van der Waals surface area contributed by atoms with Crippen LogP contribution >= 0.6 is 0 Å². The standard InChI is InChI=1S/C29H30N4O4/c1-35-21-11-13-22(14-12-21)37-19-27(34)30-25-18-20(10-15-26(25)33-16-6-3-7-17-33)28-23-8-4-5-9-24(23)29(36-2)32-31-28/h4-5,8-15,18H,3,6-7,16-17,19H2,1-2H3,(H,30,34). The smallest absolute Gasteiger partial charge is 0.262 e. The molecule has 1 N–H and O–H groups in total. The number of piperidine rings is 1. The van der Waals surface area contributed by atoms with Gasteiger partial charge in [0.1, 0.15) is 17.2 Å². The summed E-state index contributed by atoms with van der Waals surface area (Å²) in [7, 11) is 3.20. The Morgan fingerprint density at radius 1 is 0.865 bits per heavy atom. The average molecular weight is 499 g/mol. The van der Waals surface area contributed by atoms with Crippen molar-refractivity contribution in [3.8, 4) is 28.6 Å². The molecule has 4 aromatic rings. The van der Waals surface area contributed by atoms with E-state index in [2.05, 4.69) is 26.5 Å². The molecule has 1 amide bonds. The van der Waals surface area contributed by atoms with Crippen LogP contribution in [0.3, 0.4) is 0 Å². The maximum Gasteiger partial charge on any atom is 0.262 e. The normalized spacial score (nSPS) is 13.3. The fourth-order valence-electron chi connectivity index (χ4n) is 4.64. The first-order valence-electron chi connectivity index (χ1n) is 12.4. The third kappa shape index (κ3) is 5.43. The average Bonchev–Trinajstić information content (AvgIpc) is 2.96. The zero-order valence-electron chi connectivity index (χ0n) is 21.1. The number of methoxy groups -OCH3 is 2. The summed E-state index contributed by atoms with van der Waals surface area (Å²) >= 11 is 0. The number of fused-ring (bicyclic) bond motifs is 1. The molecule has 3 aromatic carbocycles. The molecular formula is C29H30N4O4. The van der Waals surface area contributed by atoms with Gasteiger partial charge < -0.3 is 24.4 Å². The van der Waals surface area contributed by atoms with Gasteiger partial charge in [0.2, 0.25) is 5.88 Å². The summed E-state index contributed by atoms with van der Waals surface area (Å²) in [5.74, 6) is 1.57. The van der Waals surface area contributed by atoms with Gasteiger partial charge in [0, 0.05) is 29.4 Å². The molecule has 2 heterocycles. The van der Waals surface area contributed by atoms with Gasteiger partial charge in [0.05, 0.1) is 25.6 Å². The molecule has 0 spiro atoms. The van der Waals surface area contributed by atoms with Gasteiger partial charge >= 0.3 is 0 Å². The van der Waals surface area contributed by atoms with Gasteiger partial charge in [0.15, 0.2) is 6.61 Å². The molecule has 8 nitrogen and oxygen atoms in total. The molecule has 8 heteroatoms. The van der Waals surface area contributed by atoms with Gasteiger partial charge in [-0.3, -0.25) is 4.79 Å². The zero-order valence-corrected chi connectivity index (χ0v) is 21.1. The zero-order chi connectivity index (χ0) is 25.6. The Hall–Kier alpha value is -4.33. The highest BCUT2D eigenvalue weighted by atomic mass is 16.5. The fraction of sp³-hybridized carbons (Fsp3) is 0.276. The molecule has 0 aliphatic carbocycles. The molecule has 1 fully saturated rings. The van der Waals surface area contributed by atoms with Gasteiger partial charge in [-0.05, 0) is 61.7 Å². The van der Waals surface area contributed by atoms with E-state index >= 15 is 0 Å².